The van der Waals surface area contributed by atoms with E-state index in [4.69, 9.17) is 0 Å². The Hall–Kier alpha value is -1.80. The van der Waals surface area contributed by atoms with Crippen LogP contribution >= 0.6 is 0 Å². The molecule has 8 heteroatoms. The number of hydrogen-bond acceptors (Lipinski definition) is 5. The Kier molecular flexibility index (Phi) is 3.65. The third-order valence-corrected chi connectivity index (χ3v) is 6.18. The first-order chi connectivity index (χ1) is 11.1. The van der Waals surface area contributed by atoms with Gasteiger partial charge in [-0.25, -0.2) is 13.1 Å². The highest BCUT2D eigenvalue weighted by Gasteiger charge is 2.35. The first-order valence-electron chi connectivity index (χ1n) is 7.96. The van der Waals surface area contributed by atoms with E-state index in [2.05, 4.69) is 25.9 Å². The van der Waals surface area contributed by atoms with Crippen LogP contribution < -0.4 is 4.72 Å². The molecular weight excluding hydrogens is 314 g/mol. The number of sulfonamides is 1. The van der Waals surface area contributed by atoms with Crippen LogP contribution in [0.15, 0.2) is 24.7 Å². The Morgan fingerprint density at radius 3 is 2.65 bits per heavy atom. The van der Waals surface area contributed by atoms with Crippen LogP contribution in [0.3, 0.4) is 0 Å². The maximum Gasteiger partial charge on any atom is 0.214 e. The Labute approximate surface area is 135 Å². The van der Waals surface area contributed by atoms with E-state index in [0.29, 0.717) is 19.0 Å². The van der Waals surface area contributed by atoms with E-state index in [1.54, 1.807) is 18.6 Å². The molecular formula is C15H19N5O2S. The summed E-state index contributed by atoms with van der Waals surface area (Å²) in [5.41, 5.74) is 2.70. The highest BCUT2D eigenvalue weighted by Crippen LogP contribution is 2.41. The van der Waals surface area contributed by atoms with Gasteiger partial charge in [0.1, 0.15) is 11.4 Å². The average molecular weight is 333 g/mol. The molecule has 23 heavy (non-hydrogen) atoms. The van der Waals surface area contributed by atoms with Crippen molar-refractivity contribution in [1.29, 1.82) is 0 Å². The molecule has 0 aliphatic heterocycles. The fourth-order valence-electron chi connectivity index (χ4n) is 2.66. The molecule has 0 aromatic carbocycles. The van der Waals surface area contributed by atoms with Crippen LogP contribution in [0, 0.1) is 0 Å². The zero-order valence-corrected chi connectivity index (χ0v) is 13.5. The van der Waals surface area contributed by atoms with Crippen LogP contribution in [0.2, 0.25) is 0 Å². The number of aromatic nitrogens is 4. The molecule has 2 saturated carbocycles. The van der Waals surface area contributed by atoms with Crippen molar-refractivity contribution in [1.82, 2.24) is 24.5 Å². The van der Waals surface area contributed by atoms with Gasteiger partial charge < -0.3 is 0 Å². The van der Waals surface area contributed by atoms with Crippen molar-refractivity contribution >= 4 is 10.0 Å². The fraction of sp³-hybridized carbons (Fsp3) is 0.533. The summed E-state index contributed by atoms with van der Waals surface area (Å²) in [4.78, 5) is 8.36. The summed E-state index contributed by atoms with van der Waals surface area (Å²) < 4.78 is 28.4. The lowest BCUT2D eigenvalue weighted by Gasteiger charge is -2.08. The molecule has 0 amide bonds. The Morgan fingerprint density at radius 2 is 2.00 bits per heavy atom. The van der Waals surface area contributed by atoms with Crippen molar-refractivity contribution in [2.24, 2.45) is 0 Å². The van der Waals surface area contributed by atoms with Crippen LogP contribution in [0.5, 0.6) is 0 Å². The topological polar surface area (TPSA) is 89.8 Å². The SMILES string of the molecule is O=S(=O)(NCCn1nc(-c2cnccn2)cc1C1CC1)C1CC1. The number of nitrogens with one attached hydrogen (secondary N) is 1. The minimum Gasteiger partial charge on any atom is -0.267 e. The molecule has 2 aliphatic carbocycles. The molecule has 2 aliphatic rings. The van der Waals surface area contributed by atoms with Crippen molar-refractivity contribution in [2.75, 3.05) is 6.54 Å². The summed E-state index contributed by atoms with van der Waals surface area (Å²) in [5.74, 6) is 0.535. The van der Waals surface area contributed by atoms with Gasteiger partial charge in [0.15, 0.2) is 0 Å². The molecule has 0 unspecified atom stereocenters. The van der Waals surface area contributed by atoms with Crippen molar-refractivity contribution < 1.29 is 8.42 Å². The zero-order valence-electron chi connectivity index (χ0n) is 12.7. The molecule has 0 saturated heterocycles. The van der Waals surface area contributed by atoms with Gasteiger partial charge in [-0.3, -0.25) is 14.6 Å². The summed E-state index contributed by atoms with van der Waals surface area (Å²) in [6, 6.07) is 2.05. The summed E-state index contributed by atoms with van der Waals surface area (Å²) >= 11 is 0. The van der Waals surface area contributed by atoms with Gasteiger partial charge in [-0.1, -0.05) is 0 Å². The van der Waals surface area contributed by atoms with E-state index >= 15 is 0 Å². The van der Waals surface area contributed by atoms with E-state index < -0.39 is 10.0 Å². The maximum atomic E-state index is 11.9. The minimum atomic E-state index is -3.13. The van der Waals surface area contributed by atoms with Crippen LogP contribution in [0.25, 0.3) is 11.4 Å². The fourth-order valence-corrected chi connectivity index (χ4v) is 4.03. The van der Waals surface area contributed by atoms with E-state index in [1.807, 2.05) is 4.68 Å². The normalized spacial score (nSPS) is 18.3. The molecule has 122 valence electrons. The first-order valence-corrected chi connectivity index (χ1v) is 9.51. The quantitative estimate of drug-likeness (QED) is 0.825. The van der Waals surface area contributed by atoms with Crippen LogP contribution in [0.1, 0.15) is 37.3 Å². The second-order valence-electron chi connectivity index (χ2n) is 6.18. The lowest BCUT2D eigenvalue weighted by molar-refractivity contribution is 0.551. The van der Waals surface area contributed by atoms with Gasteiger partial charge in [0.05, 0.1) is 18.0 Å². The van der Waals surface area contributed by atoms with Gasteiger partial charge in [-0.2, -0.15) is 5.10 Å². The van der Waals surface area contributed by atoms with Crippen molar-refractivity contribution in [3.63, 3.8) is 0 Å². The molecule has 1 N–H and O–H groups in total. The van der Waals surface area contributed by atoms with Crippen LogP contribution in [-0.2, 0) is 16.6 Å². The Balaban J connectivity index is 1.49. The van der Waals surface area contributed by atoms with E-state index in [9.17, 15) is 8.42 Å². The Bertz CT molecular complexity index is 795. The van der Waals surface area contributed by atoms with Gasteiger partial charge in [0, 0.05) is 30.6 Å². The number of rotatable bonds is 7. The molecule has 2 heterocycles. The standard InChI is InChI=1S/C15H19N5O2S/c21-23(22,12-3-4-12)18-7-8-20-15(11-1-2-11)9-13(19-20)14-10-16-5-6-17-14/h5-6,9-12,18H,1-4,7-8H2. The Morgan fingerprint density at radius 1 is 1.17 bits per heavy atom. The molecule has 0 spiro atoms. The highest BCUT2D eigenvalue weighted by molar-refractivity contribution is 7.90. The molecule has 4 rings (SSSR count). The lowest BCUT2D eigenvalue weighted by atomic mass is 10.2. The van der Waals surface area contributed by atoms with Gasteiger partial charge in [0.25, 0.3) is 0 Å². The molecule has 2 aromatic rings. The van der Waals surface area contributed by atoms with E-state index in [1.165, 1.54) is 12.8 Å². The third kappa shape index (κ3) is 3.28. The van der Waals surface area contributed by atoms with Crippen LogP contribution in [0.4, 0.5) is 0 Å². The highest BCUT2D eigenvalue weighted by atomic mass is 32.2. The molecule has 0 bridgehead atoms. The van der Waals surface area contributed by atoms with E-state index in [-0.39, 0.29) is 5.25 Å². The van der Waals surface area contributed by atoms with Gasteiger partial charge >= 0.3 is 0 Å². The second-order valence-corrected chi connectivity index (χ2v) is 8.23. The molecule has 0 atom stereocenters. The van der Waals surface area contributed by atoms with Crippen molar-refractivity contribution in [3.05, 3.63) is 30.4 Å². The number of hydrogen-bond donors (Lipinski definition) is 1. The number of nitrogens with zero attached hydrogens (tertiary/aromatic N) is 4. The smallest absolute Gasteiger partial charge is 0.214 e. The minimum absolute atomic E-state index is 0.182. The second kappa shape index (κ2) is 5.68. The predicted molar refractivity (Wildman–Crippen MR) is 85.2 cm³/mol. The predicted octanol–water partition coefficient (Wildman–Crippen LogP) is 1.30. The maximum absolute atomic E-state index is 11.9. The summed E-state index contributed by atoms with van der Waals surface area (Å²) in [5, 5.41) is 4.42. The van der Waals surface area contributed by atoms with Crippen molar-refractivity contribution in [2.45, 2.75) is 43.4 Å². The first kappa shape index (κ1) is 14.8. The summed E-state index contributed by atoms with van der Waals surface area (Å²) in [6.45, 7) is 0.915. The van der Waals surface area contributed by atoms with Gasteiger partial charge in [-0.05, 0) is 31.7 Å². The third-order valence-electron chi connectivity index (χ3n) is 4.22. The summed E-state index contributed by atoms with van der Waals surface area (Å²) in [6.07, 6.45) is 8.87. The lowest BCUT2D eigenvalue weighted by Crippen LogP contribution is -2.30. The largest absolute Gasteiger partial charge is 0.267 e. The van der Waals surface area contributed by atoms with Crippen molar-refractivity contribution in [3.8, 4) is 11.4 Å². The molecule has 2 aromatic heterocycles. The monoisotopic (exact) mass is 333 g/mol. The average Bonchev–Trinajstić information content (AvgIpc) is 3.45. The zero-order chi connectivity index (χ0) is 15.9. The van der Waals surface area contributed by atoms with Gasteiger partial charge in [0.2, 0.25) is 10.0 Å². The van der Waals surface area contributed by atoms with Crippen LogP contribution in [-0.4, -0.2) is 40.0 Å². The molecule has 0 radical (unpaired) electrons. The molecule has 7 nitrogen and oxygen atoms in total. The van der Waals surface area contributed by atoms with E-state index in [0.717, 1.165) is 29.9 Å². The molecule has 2 fully saturated rings. The summed E-state index contributed by atoms with van der Waals surface area (Å²) in [7, 11) is -3.13. The van der Waals surface area contributed by atoms with Gasteiger partial charge in [-0.15, -0.1) is 0 Å².